The summed E-state index contributed by atoms with van der Waals surface area (Å²) in [6.45, 7) is 4.68. The maximum atomic E-state index is 12.9. The normalized spacial score (nSPS) is 51.0. The third-order valence-corrected chi connectivity index (χ3v) is 9.94. The number of aliphatic hydroxyl groups excluding tert-OH is 1. The fraction of sp³-hybridized carbons (Fsp3) is 0.833. The molecule has 1 saturated heterocycles. The van der Waals surface area contributed by atoms with Gasteiger partial charge in [0.2, 0.25) is 0 Å². The van der Waals surface area contributed by atoms with E-state index in [-0.39, 0.29) is 46.3 Å². The molecule has 1 N–H and O–H groups in total. The number of carbonyl (C=O) groups is 2. The lowest BCUT2D eigenvalue weighted by molar-refractivity contribution is -0.174. The van der Waals surface area contributed by atoms with E-state index >= 15 is 0 Å². The molecule has 5 nitrogen and oxygen atoms in total. The van der Waals surface area contributed by atoms with Crippen LogP contribution in [0.15, 0.2) is 11.6 Å². The van der Waals surface area contributed by atoms with Crippen LogP contribution in [0.25, 0.3) is 0 Å². The molecule has 1 aliphatic heterocycles. The van der Waals surface area contributed by atoms with E-state index in [9.17, 15) is 14.7 Å². The highest BCUT2D eigenvalue weighted by atomic mass is 16.6. The van der Waals surface area contributed by atoms with Crippen molar-refractivity contribution in [3.8, 4) is 0 Å². The van der Waals surface area contributed by atoms with Crippen molar-refractivity contribution >= 4 is 11.9 Å². The van der Waals surface area contributed by atoms with Crippen molar-refractivity contribution in [1.82, 2.24) is 0 Å². The number of esters is 2. The molecule has 4 aliphatic carbocycles. The maximum absolute atomic E-state index is 12.9. The van der Waals surface area contributed by atoms with Crippen LogP contribution in [0.3, 0.4) is 0 Å². The molecule has 160 valence electrons. The van der Waals surface area contributed by atoms with Gasteiger partial charge in [0, 0.05) is 11.8 Å². The van der Waals surface area contributed by atoms with E-state index in [1.165, 1.54) is 12.7 Å². The van der Waals surface area contributed by atoms with E-state index in [0.717, 1.165) is 44.9 Å². The van der Waals surface area contributed by atoms with Gasteiger partial charge in [-0.05, 0) is 74.5 Å². The number of hydrogen-bond donors (Lipinski definition) is 1. The summed E-state index contributed by atoms with van der Waals surface area (Å²) >= 11 is 0. The Morgan fingerprint density at radius 1 is 1.14 bits per heavy atom. The van der Waals surface area contributed by atoms with Gasteiger partial charge in [-0.1, -0.05) is 25.5 Å². The summed E-state index contributed by atoms with van der Waals surface area (Å²) in [5.74, 6) is 0.544. The van der Waals surface area contributed by atoms with Crippen LogP contribution in [0, 0.1) is 34.5 Å². The second-order valence-corrected chi connectivity index (χ2v) is 10.8. The molecule has 5 rings (SSSR count). The molecule has 0 aromatic rings. The van der Waals surface area contributed by atoms with Crippen molar-refractivity contribution in [3.63, 3.8) is 0 Å². The van der Waals surface area contributed by atoms with Gasteiger partial charge in [-0.15, -0.1) is 0 Å². The van der Waals surface area contributed by atoms with E-state index in [4.69, 9.17) is 9.47 Å². The first-order chi connectivity index (χ1) is 13.7. The van der Waals surface area contributed by atoms with Gasteiger partial charge < -0.3 is 14.6 Å². The molecule has 4 fully saturated rings. The Bertz CT molecular complexity index is 773. The summed E-state index contributed by atoms with van der Waals surface area (Å²) in [4.78, 5) is 25.0. The standard InChI is InChI=1S/C24H34O5/c1-22-8-4-15(25)12-14(22)13-16(21(27)28-3)20-17(22)5-9-23(2)18(20)6-10-24(23)11-7-19(26)29-24/h13,15-18,20,25H,4-12H2,1-3H3/t15?,16-,17?,18?,20?,22?,23?,24?/m1/s1. The first kappa shape index (κ1) is 19.6. The molecule has 0 bridgehead atoms. The quantitative estimate of drug-likeness (QED) is 0.534. The molecule has 8 atom stereocenters. The van der Waals surface area contributed by atoms with Gasteiger partial charge in [-0.3, -0.25) is 9.59 Å². The minimum Gasteiger partial charge on any atom is -0.469 e. The van der Waals surface area contributed by atoms with Crippen LogP contribution in [0.4, 0.5) is 0 Å². The van der Waals surface area contributed by atoms with Gasteiger partial charge in [-0.2, -0.15) is 0 Å². The van der Waals surface area contributed by atoms with Crippen LogP contribution in [0.5, 0.6) is 0 Å². The van der Waals surface area contributed by atoms with E-state index < -0.39 is 0 Å². The highest BCUT2D eigenvalue weighted by Gasteiger charge is 2.68. The molecule has 0 aromatic heterocycles. The van der Waals surface area contributed by atoms with Crippen LogP contribution in [0.1, 0.15) is 71.6 Å². The Labute approximate surface area is 173 Å². The highest BCUT2D eigenvalue weighted by Crippen LogP contribution is 2.70. The van der Waals surface area contributed by atoms with Gasteiger partial charge >= 0.3 is 11.9 Å². The Morgan fingerprint density at radius 2 is 1.90 bits per heavy atom. The number of carbonyl (C=O) groups excluding carboxylic acids is 2. The summed E-state index contributed by atoms with van der Waals surface area (Å²) in [5, 5.41) is 10.3. The number of fused-ring (bicyclic) bond motifs is 6. The second-order valence-electron chi connectivity index (χ2n) is 10.8. The molecule has 29 heavy (non-hydrogen) atoms. The summed E-state index contributed by atoms with van der Waals surface area (Å²) in [7, 11) is 1.48. The second kappa shape index (κ2) is 6.32. The zero-order chi connectivity index (χ0) is 20.6. The zero-order valence-electron chi connectivity index (χ0n) is 17.9. The molecule has 1 spiro atoms. The molecule has 0 aromatic carbocycles. The summed E-state index contributed by atoms with van der Waals surface area (Å²) in [6.07, 6.45) is 9.74. The largest absolute Gasteiger partial charge is 0.469 e. The number of rotatable bonds is 1. The van der Waals surface area contributed by atoms with Crippen molar-refractivity contribution in [1.29, 1.82) is 0 Å². The average molecular weight is 403 g/mol. The maximum Gasteiger partial charge on any atom is 0.312 e. The van der Waals surface area contributed by atoms with Gasteiger partial charge in [0.1, 0.15) is 5.60 Å². The van der Waals surface area contributed by atoms with Crippen molar-refractivity contribution in [3.05, 3.63) is 11.6 Å². The monoisotopic (exact) mass is 402 g/mol. The summed E-state index contributed by atoms with van der Waals surface area (Å²) in [5.41, 5.74) is 0.908. The molecule has 5 aliphatic rings. The highest BCUT2D eigenvalue weighted by molar-refractivity contribution is 5.76. The lowest BCUT2D eigenvalue weighted by Gasteiger charge is -2.60. The van der Waals surface area contributed by atoms with Crippen molar-refractivity contribution in [2.45, 2.75) is 83.3 Å². The van der Waals surface area contributed by atoms with Crippen molar-refractivity contribution < 1.29 is 24.2 Å². The Hall–Kier alpha value is -1.36. The van der Waals surface area contributed by atoms with E-state index in [0.29, 0.717) is 24.7 Å². The topological polar surface area (TPSA) is 72.8 Å². The van der Waals surface area contributed by atoms with E-state index in [2.05, 4.69) is 19.9 Å². The minimum atomic E-state index is -0.339. The van der Waals surface area contributed by atoms with E-state index in [1.54, 1.807) is 0 Å². The van der Waals surface area contributed by atoms with Gasteiger partial charge in [0.15, 0.2) is 0 Å². The number of ether oxygens (including phenoxy) is 2. The molecule has 1 heterocycles. The van der Waals surface area contributed by atoms with Crippen molar-refractivity contribution in [2.24, 2.45) is 34.5 Å². The zero-order valence-corrected chi connectivity index (χ0v) is 17.9. The number of aliphatic hydroxyl groups is 1. The number of hydrogen-bond acceptors (Lipinski definition) is 5. The molecule has 5 heteroatoms. The Kier molecular flexibility index (Phi) is 4.27. The van der Waals surface area contributed by atoms with Crippen LogP contribution in [0.2, 0.25) is 0 Å². The Morgan fingerprint density at radius 3 is 2.59 bits per heavy atom. The van der Waals surface area contributed by atoms with Crippen LogP contribution in [-0.4, -0.2) is 35.9 Å². The smallest absolute Gasteiger partial charge is 0.312 e. The molecular weight excluding hydrogens is 368 g/mol. The van der Waals surface area contributed by atoms with Crippen molar-refractivity contribution in [2.75, 3.05) is 7.11 Å². The lowest BCUT2D eigenvalue weighted by atomic mass is 9.45. The van der Waals surface area contributed by atoms with Gasteiger partial charge in [-0.25, -0.2) is 0 Å². The fourth-order valence-electron chi connectivity index (χ4n) is 8.32. The van der Waals surface area contributed by atoms with Crippen LogP contribution < -0.4 is 0 Å². The van der Waals surface area contributed by atoms with Crippen LogP contribution in [-0.2, 0) is 19.1 Å². The first-order valence-electron chi connectivity index (χ1n) is 11.4. The third kappa shape index (κ3) is 2.49. The lowest BCUT2D eigenvalue weighted by Crippen LogP contribution is -2.57. The van der Waals surface area contributed by atoms with Gasteiger partial charge in [0.25, 0.3) is 0 Å². The summed E-state index contributed by atoms with van der Waals surface area (Å²) in [6, 6.07) is 0. The third-order valence-electron chi connectivity index (χ3n) is 9.94. The molecule has 0 amide bonds. The first-order valence-corrected chi connectivity index (χ1v) is 11.4. The molecule has 3 saturated carbocycles. The predicted molar refractivity (Wildman–Crippen MR) is 107 cm³/mol. The number of methoxy groups -OCH3 is 1. The Balaban J connectivity index is 1.58. The minimum absolute atomic E-state index is 0.0534. The van der Waals surface area contributed by atoms with E-state index in [1.807, 2.05) is 0 Å². The SMILES string of the molecule is COC(=O)[C@@H]1C=C2CC(O)CCC2(C)C2CCC3(C)C(CCC34CCC(=O)O4)C21. The fourth-order valence-corrected chi connectivity index (χ4v) is 8.32. The summed E-state index contributed by atoms with van der Waals surface area (Å²) < 4.78 is 11.3. The molecular formula is C24H34O5. The van der Waals surface area contributed by atoms with Gasteiger partial charge in [0.05, 0.1) is 19.1 Å². The predicted octanol–water partition coefficient (Wildman–Crippen LogP) is 3.79. The molecule has 0 radical (unpaired) electrons. The van der Waals surface area contributed by atoms with Crippen LogP contribution >= 0.6 is 0 Å². The average Bonchev–Trinajstić information content (AvgIpc) is 3.22. The molecule has 7 unspecified atom stereocenters.